The average Bonchev–Trinajstić information content (AvgIpc) is 2.70. The summed E-state index contributed by atoms with van der Waals surface area (Å²) in [6.07, 6.45) is 7.59. The Kier molecular flexibility index (Phi) is 2.97. The van der Waals surface area contributed by atoms with Crippen molar-refractivity contribution in [1.29, 1.82) is 0 Å². The summed E-state index contributed by atoms with van der Waals surface area (Å²) in [6, 6.07) is 7.00. The van der Waals surface area contributed by atoms with E-state index >= 15 is 0 Å². The maximum atomic E-state index is 12.0. The number of hydrogen-bond acceptors (Lipinski definition) is 2. The van der Waals surface area contributed by atoms with E-state index in [-0.39, 0.29) is 11.7 Å². The second-order valence-corrected chi connectivity index (χ2v) is 6.06. The molecule has 2 nitrogen and oxygen atoms in total. The molecular formula is C13H14O2S. The largest absolute Gasteiger partial charge is 0.224 e. The normalized spacial score (nSPS) is 15.8. The van der Waals surface area contributed by atoms with Gasteiger partial charge in [-0.25, -0.2) is 8.42 Å². The summed E-state index contributed by atoms with van der Waals surface area (Å²) in [7, 11) is -3.16. The van der Waals surface area contributed by atoms with Crippen molar-refractivity contribution in [3.63, 3.8) is 0 Å². The lowest BCUT2D eigenvalue weighted by atomic mass is 10.2. The van der Waals surface area contributed by atoms with Crippen LogP contribution in [-0.2, 0) is 9.84 Å². The van der Waals surface area contributed by atoms with Crippen LogP contribution in [0.4, 0.5) is 0 Å². The Balaban J connectivity index is 2.21. The molecule has 0 aromatic heterocycles. The molecule has 0 fully saturated rings. The SMILES string of the molecule is Cc1ccc(S(=O)(=O)CC2C=CC=C2)cc1. The lowest BCUT2D eigenvalue weighted by molar-refractivity contribution is 0.592. The van der Waals surface area contributed by atoms with Crippen LogP contribution in [0.1, 0.15) is 5.56 Å². The summed E-state index contributed by atoms with van der Waals surface area (Å²) < 4.78 is 24.1. The molecule has 0 saturated carbocycles. The molecule has 1 aliphatic carbocycles. The molecule has 2 rings (SSSR count). The molecule has 1 aliphatic rings. The molecule has 1 aromatic rings. The Morgan fingerprint density at radius 3 is 2.19 bits per heavy atom. The topological polar surface area (TPSA) is 34.1 Å². The minimum absolute atomic E-state index is 0.0197. The first-order valence-electron chi connectivity index (χ1n) is 5.22. The summed E-state index contributed by atoms with van der Waals surface area (Å²) in [5, 5.41) is 0. The first-order valence-corrected chi connectivity index (χ1v) is 6.87. The van der Waals surface area contributed by atoms with Crippen LogP contribution in [0.5, 0.6) is 0 Å². The highest BCUT2D eigenvalue weighted by Gasteiger charge is 2.18. The third-order valence-electron chi connectivity index (χ3n) is 2.62. The molecule has 0 saturated heterocycles. The minimum Gasteiger partial charge on any atom is -0.224 e. The highest BCUT2D eigenvalue weighted by molar-refractivity contribution is 7.91. The van der Waals surface area contributed by atoms with Gasteiger partial charge >= 0.3 is 0 Å². The average molecular weight is 234 g/mol. The van der Waals surface area contributed by atoms with Crippen LogP contribution < -0.4 is 0 Å². The molecule has 0 unspecified atom stereocenters. The second kappa shape index (κ2) is 4.26. The van der Waals surface area contributed by atoms with Gasteiger partial charge in [0.2, 0.25) is 0 Å². The van der Waals surface area contributed by atoms with Crippen LogP contribution in [0.3, 0.4) is 0 Å². The zero-order chi connectivity index (χ0) is 11.6. The van der Waals surface area contributed by atoms with Crippen LogP contribution in [0.25, 0.3) is 0 Å². The summed E-state index contributed by atoms with van der Waals surface area (Å²) in [5.41, 5.74) is 1.07. The van der Waals surface area contributed by atoms with Crippen molar-refractivity contribution in [2.24, 2.45) is 5.92 Å². The highest BCUT2D eigenvalue weighted by Crippen LogP contribution is 2.18. The van der Waals surface area contributed by atoms with E-state index in [0.29, 0.717) is 4.90 Å². The number of aryl methyl sites for hydroxylation is 1. The van der Waals surface area contributed by atoms with Crippen molar-refractivity contribution in [3.05, 3.63) is 54.1 Å². The zero-order valence-electron chi connectivity index (χ0n) is 9.13. The van der Waals surface area contributed by atoms with Gasteiger partial charge in [0.05, 0.1) is 10.6 Å². The van der Waals surface area contributed by atoms with E-state index in [9.17, 15) is 8.42 Å². The van der Waals surface area contributed by atoms with Gasteiger partial charge in [-0.3, -0.25) is 0 Å². The van der Waals surface area contributed by atoms with Crippen molar-refractivity contribution in [3.8, 4) is 0 Å². The van der Waals surface area contributed by atoms with Gasteiger partial charge in [-0.1, -0.05) is 42.0 Å². The maximum absolute atomic E-state index is 12.0. The Bertz CT molecular complexity index is 510. The Hall–Kier alpha value is -1.35. The molecule has 0 heterocycles. The fourth-order valence-corrected chi connectivity index (χ4v) is 3.16. The number of rotatable bonds is 3. The van der Waals surface area contributed by atoms with E-state index in [4.69, 9.17) is 0 Å². The van der Waals surface area contributed by atoms with Crippen LogP contribution in [0.15, 0.2) is 53.5 Å². The monoisotopic (exact) mass is 234 g/mol. The van der Waals surface area contributed by atoms with E-state index in [0.717, 1.165) is 5.56 Å². The lowest BCUT2D eigenvalue weighted by Gasteiger charge is -2.07. The fraction of sp³-hybridized carbons (Fsp3) is 0.231. The first kappa shape index (κ1) is 11.1. The van der Waals surface area contributed by atoms with Crippen molar-refractivity contribution < 1.29 is 8.42 Å². The van der Waals surface area contributed by atoms with Gasteiger partial charge < -0.3 is 0 Å². The summed E-state index contributed by atoms with van der Waals surface area (Å²) >= 11 is 0. The standard InChI is InChI=1S/C13H14O2S/c1-11-6-8-13(9-7-11)16(14,15)10-12-4-2-3-5-12/h2-9,12H,10H2,1H3. The van der Waals surface area contributed by atoms with Gasteiger partial charge in [-0.05, 0) is 19.1 Å². The van der Waals surface area contributed by atoms with Crippen LogP contribution in [0.2, 0.25) is 0 Å². The molecular weight excluding hydrogens is 220 g/mol. The quantitative estimate of drug-likeness (QED) is 0.805. The molecule has 0 amide bonds. The van der Waals surface area contributed by atoms with E-state index in [1.54, 1.807) is 12.1 Å². The number of allylic oxidation sites excluding steroid dienone is 4. The molecule has 0 N–H and O–H groups in total. The van der Waals surface area contributed by atoms with Crippen molar-refractivity contribution in [1.82, 2.24) is 0 Å². The molecule has 16 heavy (non-hydrogen) atoms. The zero-order valence-corrected chi connectivity index (χ0v) is 9.94. The molecule has 0 bridgehead atoms. The number of sulfone groups is 1. The van der Waals surface area contributed by atoms with E-state index < -0.39 is 9.84 Å². The summed E-state index contributed by atoms with van der Waals surface area (Å²) in [6.45, 7) is 1.94. The van der Waals surface area contributed by atoms with E-state index in [2.05, 4.69) is 0 Å². The first-order chi connectivity index (χ1) is 7.58. The van der Waals surface area contributed by atoms with Gasteiger partial charge in [0.25, 0.3) is 0 Å². The molecule has 0 spiro atoms. The van der Waals surface area contributed by atoms with Crippen molar-refractivity contribution in [2.75, 3.05) is 5.75 Å². The molecule has 0 atom stereocenters. The second-order valence-electron chi connectivity index (χ2n) is 4.03. The molecule has 1 aromatic carbocycles. The third-order valence-corrected chi connectivity index (χ3v) is 4.43. The van der Waals surface area contributed by atoms with Crippen LogP contribution in [-0.4, -0.2) is 14.2 Å². The van der Waals surface area contributed by atoms with E-state index in [1.807, 2.05) is 43.4 Å². The minimum atomic E-state index is -3.16. The Morgan fingerprint density at radius 2 is 1.62 bits per heavy atom. The third kappa shape index (κ3) is 2.42. The van der Waals surface area contributed by atoms with E-state index in [1.165, 1.54) is 0 Å². The Labute approximate surface area is 96.2 Å². The fourth-order valence-electron chi connectivity index (χ4n) is 1.68. The summed E-state index contributed by atoms with van der Waals surface area (Å²) in [5.74, 6) is 0.176. The lowest BCUT2D eigenvalue weighted by Crippen LogP contribution is -2.12. The molecule has 84 valence electrons. The van der Waals surface area contributed by atoms with Crippen LogP contribution in [0, 0.1) is 12.8 Å². The predicted octanol–water partition coefficient (Wildman–Crippen LogP) is 2.51. The summed E-state index contributed by atoms with van der Waals surface area (Å²) in [4.78, 5) is 0.409. The van der Waals surface area contributed by atoms with Gasteiger partial charge in [0.15, 0.2) is 9.84 Å². The van der Waals surface area contributed by atoms with Crippen molar-refractivity contribution in [2.45, 2.75) is 11.8 Å². The van der Waals surface area contributed by atoms with Crippen LogP contribution >= 0.6 is 0 Å². The van der Waals surface area contributed by atoms with Gasteiger partial charge in [0, 0.05) is 5.92 Å². The van der Waals surface area contributed by atoms with Gasteiger partial charge in [-0.2, -0.15) is 0 Å². The molecule has 0 radical (unpaired) electrons. The van der Waals surface area contributed by atoms with Gasteiger partial charge in [-0.15, -0.1) is 0 Å². The maximum Gasteiger partial charge on any atom is 0.179 e. The number of hydrogen-bond donors (Lipinski definition) is 0. The smallest absolute Gasteiger partial charge is 0.179 e. The number of benzene rings is 1. The Morgan fingerprint density at radius 1 is 1.06 bits per heavy atom. The molecule has 0 aliphatic heterocycles. The van der Waals surface area contributed by atoms with Gasteiger partial charge in [0.1, 0.15) is 0 Å². The highest BCUT2D eigenvalue weighted by atomic mass is 32.2. The van der Waals surface area contributed by atoms with Crippen molar-refractivity contribution >= 4 is 9.84 Å². The molecule has 3 heteroatoms. The predicted molar refractivity (Wildman–Crippen MR) is 65.0 cm³/mol.